The largest absolute Gasteiger partial charge is 0.359 e. The molecule has 5 nitrogen and oxygen atoms in total. The molecule has 1 N–H and O–H groups in total. The Morgan fingerprint density at radius 3 is 2.58 bits per heavy atom. The molecule has 1 amide bonds. The Labute approximate surface area is 139 Å². The van der Waals surface area contributed by atoms with Crippen molar-refractivity contribution in [2.45, 2.75) is 25.0 Å². The van der Waals surface area contributed by atoms with Crippen molar-refractivity contribution in [3.63, 3.8) is 0 Å². The molecule has 1 aliphatic carbocycles. The predicted octanol–water partition coefficient (Wildman–Crippen LogP) is 3.36. The number of nitrogens with one attached hydrogen (secondary N) is 1. The number of carbonyl (C=O) groups excluding carboxylic acids is 1. The van der Waals surface area contributed by atoms with Crippen molar-refractivity contribution in [2.75, 3.05) is 5.32 Å². The van der Waals surface area contributed by atoms with Crippen LogP contribution in [0.3, 0.4) is 0 Å². The zero-order valence-corrected chi connectivity index (χ0v) is 13.0. The molecule has 0 radical (unpaired) electrons. The second-order valence-corrected chi connectivity index (χ2v) is 6.32. The number of hydrogen-bond donors (Lipinski definition) is 1. The average molecular weight is 316 g/mol. The molecule has 2 aromatic carbocycles. The lowest BCUT2D eigenvalue weighted by Gasteiger charge is -2.37. The number of carbonyl (C=O) groups is 1. The molecule has 5 heteroatoms. The van der Waals surface area contributed by atoms with Crippen LogP contribution in [0, 0.1) is 0 Å². The van der Waals surface area contributed by atoms with Gasteiger partial charge in [-0.25, -0.2) is 4.98 Å². The first kappa shape index (κ1) is 13.5. The van der Waals surface area contributed by atoms with Crippen molar-refractivity contribution in [3.8, 4) is 0 Å². The summed E-state index contributed by atoms with van der Waals surface area (Å²) in [4.78, 5) is 24.2. The molecule has 0 spiro atoms. The van der Waals surface area contributed by atoms with E-state index in [0.29, 0.717) is 0 Å². The topological polar surface area (TPSA) is 58.1 Å². The maximum atomic E-state index is 13.0. The third-order valence-electron chi connectivity index (χ3n) is 4.65. The summed E-state index contributed by atoms with van der Waals surface area (Å²) in [5, 5.41) is 3.48. The molecular formula is C19H16N4O. The van der Waals surface area contributed by atoms with E-state index in [1.54, 1.807) is 6.20 Å². The molecule has 24 heavy (non-hydrogen) atoms. The SMILES string of the molecule is O=C1c2ccccc2N[C@@H](c2cnc3ccccc3n2)N1C1CC1. The maximum absolute atomic E-state index is 13.0. The third kappa shape index (κ3) is 2.05. The molecule has 1 aromatic heterocycles. The molecule has 2 aliphatic rings. The lowest BCUT2D eigenvalue weighted by Crippen LogP contribution is -2.44. The quantitative estimate of drug-likeness (QED) is 0.787. The first-order valence-corrected chi connectivity index (χ1v) is 8.21. The van der Waals surface area contributed by atoms with Gasteiger partial charge in [0, 0.05) is 11.7 Å². The molecule has 1 fully saturated rings. The van der Waals surface area contributed by atoms with Gasteiger partial charge in [0.2, 0.25) is 0 Å². The lowest BCUT2D eigenvalue weighted by atomic mass is 10.1. The zero-order chi connectivity index (χ0) is 16.1. The minimum Gasteiger partial charge on any atom is -0.359 e. The fraction of sp³-hybridized carbons (Fsp3) is 0.211. The van der Waals surface area contributed by atoms with Gasteiger partial charge in [-0.3, -0.25) is 9.78 Å². The molecule has 1 aliphatic heterocycles. The summed E-state index contributed by atoms with van der Waals surface area (Å²) in [6.07, 6.45) is 3.61. The summed E-state index contributed by atoms with van der Waals surface area (Å²) in [5.41, 5.74) is 4.08. The summed E-state index contributed by atoms with van der Waals surface area (Å²) in [5.74, 6) is 0.0757. The smallest absolute Gasteiger partial charge is 0.258 e. The number of aromatic nitrogens is 2. The minimum atomic E-state index is -0.267. The Morgan fingerprint density at radius 2 is 1.75 bits per heavy atom. The second kappa shape index (κ2) is 5.03. The van der Waals surface area contributed by atoms with Crippen molar-refractivity contribution in [3.05, 3.63) is 66.0 Å². The van der Waals surface area contributed by atoms with Gasteiger partial charge in [-0.15, -0.1) is 0 Å². The molecule has 1 saturated carbocycles. The summed E-state index contributed by atoms with van der Waals surface area (Å²) >= 11 is 0. The van der Waals surface area contributed by atoms with Crippen molar-refractivity contribution in [1.29, 1.82) is 0 Å². The van der Waals surface area contributed by atoms with E-state index in [1.807, 2.05) is 53.4 Å². The third-order valence-corrected chi connectivity index (χ3v) is 4.65. The van der Waals surface area contributed by atoms with E-state index < -0.39 is 0 Å². The van der Waals surface area contributed by atoms with E-state index in [-0.39, 0.29) is 18.1 Å². The van der Waals surface area contributed by atoms with Crippen LogP contribution < -0.4 is 5.32 Å². The van der Waals surface area contributed by atoms with Gasteiger partial charge in [0.25, 0.3) is 5.91 Å². The van der Waals surface area contributed by atoms with Crippen molar-refractivity contribution < 1.29 is 4.79 Å². The number of para-hydroxylation sites is 3. The standard InChI is InChI=1S/C19H16N4O/c24-19-13-5-1-2-6-14(13)22-18(23(19)12-9-10-12)17-11-20-15-7-3-4-8-16(15)21-17/h1-8,11-12,18,22H,9-10H2/t18-/m1/s1. The maximum Gasteiger partial charge on any atom is 0.258 e. The zero-order valence-electron chi connectivity index (χ0n) is 13.0. The molecule has 2 heterocycles. The number of fused-ring (bicyclic) bond motifs is 2. The average Bonchev–Trinajstić information content (AvgIpc) is 3.46. The molecule has 0 saturated heterocycles. The van der Waals surface area contributed by atoms with E-state index >= 15 is 0 Å². The Morgan fingerprint density at radius 1 is 1.00 bits per heavy atom. The normalized spacial score (nSPS) is 19.9. The van der Waals surface area contributed by atoms with Crippen LogP contribution in [0.5, 0.6) is 0 Å². The van der Waals surface area contributed by atoms with Gasteiger partial charge in [-0.05, 0) is 37.1 Å². The van der Waals surface area contributed by atoms with Crippen molar-refractivity contribution in [1.82, 2.24) is 14.9 Å². The van der Waals surface area contributed by atoms with Crippen LogP contribution >= 0.6 is 0 Å². The number of benzene rings is 2. The number of anilines is 1. The number of amides is 1. The molecule has 118 valence electrons. The molecule has 3 aromatic rings. The van der Waals surface area contributed by atoms with Gasteiger partial charge in [-0.1, -0.05) is 24.3 Å². The Bertz CT molecular complexity index is 951. The van der Waals surface area contributed by atoms with Gasteiger partial charge in [-0.2, -0.15) is 0 Å². The molecule has 0 bridgehead atoms. The summed E-state index contributed by atoms with van der Waals surface area (Å²) in [7, 11) is 0. The van der Waals surface area contributed by atoms with Crippen molar-refractivity contribution in [2.24, 2.45) is 0 Å². The molecule has 0 unspecified atom stereocenters. The van der Waals surface area contributed by atoms with E-state index in [9.17, 15) is 4.79 Å². The Hall–Kier alpha value is -2.95. The van der Waals surface area contributed by atoms with Gasteiger partial charge < -0.3 is 10.2 Å². The number of rotatable bonds is 2. The number of hydrogen-bond acceptors (Lipinski definition) is 4. The van der Waals surface area contributed by atoms with Gasteiger partial charge in [0.1, 0.15) is 11.9 Å². The summed E-state index contributed by atoms with van der Waals surface area (Å²) in [6.45, 7) is 0. The van der Waals surface area contributed by atoms with Gasteiger partial charge in [0.05, 0.1) is 22.8 Å². The highest BCUT2D eigenvalue weighted by atomic mass is 16.2. The number of nitrogens with zero attached hydrogens (tertiary/aromatic N) is 3. The first-order valence-electron chi connectivity index (χ1n) is 8.21. The predicted molar refractivity (Wildman–Crippen MR) is 91.5 cm³/mol. The monoisotopic (exact) mass is 316 g/mol. The van der Waals surface area contributed by atoms with Crippen LogP contribution in [0.4, 0.5) is 5.69 Å². The van der Waals surface area contributed by atoms with Gasteiger partial charge in [0.15, 0.2) is 0 Å². The molecule has 1 atom stereocenters. The highest BCUT2D eigenvalue weighted by molar-refractivity contribution is 6.02. The fourth-order valence-electron chi connectivity index (χ4n) is 3.32. The van der Waals surface area contributed by atoms with Crippen LogP contribution in [0.2, 0.25) is 0 Å². The van der Waals surface area contributed by atoms with Gasteiger partial charge >= 0.3 is 0 Å². The Balaban J connectivity index is 1.63. The van der Waals surface area contributed by atoms with Crippen LogP contribution in [-0.4, -0.2) is 26.8 Å². The van der Waals surface area contributed by atoms with E-state index in [2.05, 4.69) is 10.3 Å². The Kier molecular flexibility index (Phi) is 2.82. The molecule has 5 rings (SSSR count). The van der Waals surface area contributed by atoms with E-state index in [4.69, 9.17) is 4.98 Å². The second-order valence-electron chi connectivity index (χ2n) is 6.32. The first-order chi connectivity index (χ1) is 11.8. The van der Waals surface area contributed by atoms with Crippen LogP contribution in [0.25, 0.3) is 11.0 Å². The molecular weight excluding hydrogens is 300 g/mol. The highest BCUT2D eigenvalue weighted by Crippen LogP contribution is 2.40. The highest BCUT2D eigenvalue weighted by Gasteiger charge is 2.42. The van der Waals surface area contributed by atoms with Crippen LogP contribution in [0.15, 0.2) is 54.7 Å². The minimum absolute atomic E-state index is 0.0757. The van der Waals surface area contributed by atoms with Crippen molar-refractivity contribution >= 4 is 22.6 Å². The van der Waals surface area contributed by atoms with Crippen LogP contribution in [-0.2, 0) is 0 Å². The lowest BCUT2D eigenvalue weighted by molar-refractivity contribution is 0.0662. The van der Waals surface area contributed by atoms with Crippen LogP contribution in [0.1, 0.15) is 35.1 Å². The summed E-state index contributed by atoms with van der Waals surface area (Å²) < 4.78 is 0. The fourth-order valence-corrected chi connectivity index (χ4v) is 3.32. The van der Waals surface area contributed by atoms with E-state index in [1.165, 1.54) is 0 Å². The van der Waals surface area contributed by atoms with E-state index in [0.717, 1.165) is 40.8 Å². The summed E-state index contributed by atoms with van der Waals surface area (Å²) in [6, 6.07) is 15.7.